The summed E-state index contributed by atoms with van der Waals surface area (Å²) in [7, 11) is 0. The van der Waals surface area contributed by atoms with E-state index in [0.717, 1.165) is 18.5 Å². The zero-order chi connectivity index (χ0) is 13.1. The molecule has 17 heavy (non-hydrogen) atoms. The molecular weight excluding hydrogens is 208 g/mol. The quantitative estimate of drug-likeness (QED) is 0.793. The van der Waals surface area contributed by atoms with Crippen molar-refractivity contribution in [3.8, 4) is 0 Å². The molecule has 1 aliphatic rings. The molecule has 3 unspecified atom stereocenters. The highest BCUT2D eigenvalue weighted by atomic mass is 15.3. The lowest BCUT2D eigenvalue weighted by Crippen LogP contribution is -2.64. The van der Waals surface area contributed by atoms with E-state index < -0.39 is 0 Å². The van der Waals surface area contributed by atoms with Crippen LogP contribution in [0.2, 0.25) is 0 Å². The van der Waals surface area contributed by atoms with Gasteiger partial charge < -0.3 is 5.32 Å². The molecule has 3 atom stereocenters. The van der Waals surface area contributed by atoms with Crippen LogP contribution in [0.4, 0.5) is 0 Å². The van der Waals surface area contributed by atoms with Crippen LogP contribution in [-0.2, 0) is 0 Å². The van der Waals surface area contributed by atoms with Crippen LogP contribution in [-0.4, -0.2) is 35.6 Å². The fraction of sp³-hybridized carbons (Fsp3) is 1.00. The van der Waals surface area contributed by atoms with Crippen molar-refractivity contribution in [3.63, 3.8) is 0 Å². The number of nitrogens with zero attached hydrogens (tertiary/aromatic N) is 1. The van der Waals surface area contributed by atoms with Crippen LogP contribution in [0, 0.1) is 5.92 Å². The third-order valence-electron chi connectivity index (χ3n) is 4.45. The molecule has 0 aromatic carbocycles. The maximum Gasteiger partial charge on any atom is 0.0278 e. The molecule has 0 aromatic heterocycles. The molecule has 0 radical (unpaired) electrons. The second-order valence-electron chi connectivity index (χ2n) is 6.51. The minimum atomic E-state index is 0.316. The molecule has 0 spiro atoms. The van der Waals surface area contributed by atoms with Gasteiger partial charge in [-0.3, -0.25) is 4.90 Å². The van der Waals surface area contributed by atoms with Crippen LogP contribution in [0.3, 0.4) is 0 Å². The Labute approximate surface area is 108 Å². The van der Waals surface area contributed by atoms with Gasteiger partial charge in [0.15, 0.2) is 0 Å². The van der Waals surface area contributed by atoms with Gasteiger partial charge in [-0.25, -0.2) is 0 Å². The first kappa shape index (κ1) is 15.0. The molecule has 0 saturated carbocycles. The largest absolute Gasteiger partial charge is 0.309 e. The van der Waals surface area contributed by atoms with Crippen molar-refractivity contribution in [2.75, 3.05) is 13.1 Å². The third-order valence-corrected chi connectivity index (χ3v) is 4.45. The Kier molecular flexibility index (Phi) is 5.46. The van der Waals surface area contributed by atoms with Crippen LogP contribution < -0.4 is 5.32 Å². The molecule has 0 amide bonds. The van der Waals surface area contributed by atoms with E-state index in [2.05, 4.69) is 51.8 Å². The van der Waals surface area contributed by atoms with Crippen molar-refractivity contribution in [2.24, 2.45) is 5.92 Å². The molecular formula is C15H32N2. The van der Waals surface area contributed by atoms with Crippen LogP contribution in [0.25, 0.3) is 0 Å². The first-order chi connectivity index (χ1) is 7.91. The van der Waals surface area contributed by atoms with Gasteiger partial charge in [0.1, 0.15) is 0 Å². The molecule has 1 heterocycles. The summed E-state index contributed by atoms with van der Waals surface area (Å²) in [5, 5.41) is 3.77. The minimum Gasteiger partial charge on any atom is -0.309 e. The highest BCUT2D eigenvalue weighted by Gasteiger charge is 2.36. The van der Waals surface area contributed by atoms with E-state index >= 15 is 0 Å². The van der Waals surface area contributed by atoms with E-state index in [1.807, 2.05) is 0 Å². The van der Waals surface area contributed by atoms with E-state index in [-0.39, 0.29) is 0 Å². The van der Waals surface area contributed by atoms with Gasteiger partial charge in [0.25, 0.3) is 0 Å². The van der Waals surface area contributed by atoms with Gasteiger partial charge >= 0.3 is 0 Å². The smallest absolute Gasteiger partial charge is 0.0278 e. The van der Waals surface area contributed by atoms with Gasteiger partial charge in [0.2, 0.25) is 0 Å². The maximum atomic E-state index is 3.77. The fourth-order valence-corrected chi connectivity index (χ4v) is 2.82. The number of hydrogen-bond acceptors (Lipinski definition) is 2. The second-order valence-corrected chi connectivity index (χ2v) is 6.51. The molecule has 2 nitrogen and oxygen atoms in total. The number of rotatable bonds is 5. The Bertz CT molecular complexity index is 227. The number of piperazine rings is 1. The molecule has 102 valence electrons. The summed E-state index contributed by atoms with van der Waals surface area (Å²) < 4.78 is 0. The van der Waals surface area contributed by atoms with Crippen molar-refractivity contribution in [3.05, 3.63) is 0 Å². The van der Waals surface area contributed by atoms with Gasteiger partial charge in [-0.1, -0.05) is 27.7 Å². The first-order valence-corrected chi connectivity index (χ1v) is 7.42. The van der Waals surface area contributed by atoms with E-state index in [1.165, 1.54) is 25.8 Å². The second kappa shape index (κ2) is 6.19. The highest BCUT2D eigenvalue weighted by molar-refractivity contribution is 4.96. The lowest BCUT2D eigenvalue weighted by molar-refractivity contribution is 0.0406. The minimum absolute atomic E-state index is 0.316. The van der Waals surface area contributed by atoms with Crippen molar-refractivity contribution in [1.29, 1.82) is 0 Å². The Balaban J connectivity index is 2.72. The first-order valence-electron chi connectivity index (χ1n) is 7.42. The maximum absolute atomic E-state index is 3.77. The molecule has 0 aliphatic carbocycles. The van der Waals surface area contributed by atoms with E-state index in [1.54, 1.807) is 0 Å². The normalized spacial score (nSPS) is 33.0. The molecule has 1 rings (SSSR count). The van der Waals surface area contributed by atoms with Crippen molar-refractivity contribution in [2.45, 2.75) is 78.4 Å². The number of nitrogens with one attached hydrogen (secondary N) is 1. The number of hydrogen-bond donors (Lipinski definition) is 1. The third kappa shape index (κ3) is 3.96. The summed E-state index contributed by atoms with van der Waals surface area (Å²) in [5.41, 5.74) is 0.316. The Morgan fingerprint density at radius 3 is 2.41 bits per heavy atom. The van der Waals surface area contributed by atoms with Crippen molar-refractivity contribution < 1.29 is 0 Å². The van der Waals surface area contributed by atoms with E-state index in [0.29, 0.717) is 11.6 Å². The fourth-order valence-electron chi connectivity index (χ4n) is 2.82. The van der Waals surface area contributed by atoms with Crippen LogP contribution in [0.5, 0.6) is 0 Å². The molecule has 0 aromatic rings. The zero-order valence-electron chi connectivity index (χ0n) is 12.7. The van der Waals surface area contributed by atoms with Crippen LogP contribution in [0.1, 0.15) is 60.8 Å². The van der Waals surface area contributed by atoms with Gasteiger partial charge in [0.05, 0.1) is 0 Å². The van der Waals surface area contributed by atoms with Gasteiger partial charge in [-0.15, -0.1) is 0 Å². The standard InChI is InChI=1S/C15H32N2/c1-7-13(5)17-11-15(6,8-2)16-10-14(17)9-12(3)4/h12-14,16H,7-11H2,1-6H3. The summed E-state index contributed by atoms with van der Waals surface area (Å²) in [6.45, 7) is 16.4. The van der Waals surface area contributed by atoms with Crippen LogP contribution >= 0.6 is 0 Å². The summed E-state index contributed by atoms with van der Waals surface area (Å²) in [4.78, 5) is 2.75. The van der Waals surface area contributed by atoms with E-state index in [9.17, 15) is 0 Å². The van der Waals surface area contributed by atoms with Crippen molar-refractivity contribution >= 4 is 0 Å². The molecule has 1 aliphatic heterocycles. The monoisotopic (exact) mass is 240 g/mol. The van der Waals surface area contributed by atoms with E-state index in [4.69, 9.17) is 0 Å². The summed E-state index contributed by atoms with van der Waals surface area (Å²) in [5.74, 6) is 0.791. The summed E-state index contributed by atoms with van der Waals surface area (Å²) in [6, 6.07) is 1.44. The van der Waals surface area contributed by atoms with Gasteiger partial charge in [-0.05, 0) is 39.0 Å². The topological polar surface area (TPSA) is 15.3 Å². The predicted octanol–water partition coefficient (Wildman–Crippen LogP) is 3.27. The summed E-state index contributed by atoms with van der Waals surface area (Å²) >= 11 is 0. The molecule has 1 N–H and O–H groups in total. The zero-order valence-corrected chi connectivity index (χ0v) is 12.7. The molecule has 1 fully saturated rings. The molecule has 2 heteroatoms. The Morgan fingerprint density at radius 1 is 1.29 bits per heavy atom. The average Bonchev–Trinajstić information content (AvgIpc) is 2.30. The predicted molar refractivity (Wildman–Crippen MR) is 76.4 cm³/mol. The molecule has 0 bridgehead atoms. The van der Waals surface area contributed by atoms with Gasteiger partial charge in [-0.2, -0.15) is 0 Å². The summed E-state index contributed by atoms with van der Waals surface area (Å²) in [6.07, 6.45) is 3.79. The molecule has 1 saturated heterocycles. The van der Waals surface area contributed by atoms with Gasteiger partial charge in [0, 0.05) is 30.7 Å². The lowest BCUT2D eigenvalue weighted by atomic mass is 9.89. The average molecular weight is 240 g/mol. The van der Waals surface area contributed by atoms with Crippen LogP contribution in [0.15, 0.2) is 0 Å². The Morgan fingerprint density at radius 2 is 1.94 bits per heavy atom. The highest BCUT2D eigenvalue weighted by Crippen LogP contribution is 2.25. The Hall–Kier alpha value is -0.0800. The SMILES string of the molecule is CCC(C)N1CC(C)(CC)NCC1CC(C)C. The van der Waals surface area contributed by atoms with Crippen molar-refractivity contribution in [1.82, 2.24) is 10.2 Å². The lowest BCUT2D eigenvalue weighted by Gasteiger charge is -2.49.